The van der Waals surface area contributed by atoms with Gasteiger partial charge in [-0.25, -0.2) is 0 Å². The molecule has 0 bridgehead atoms. The van der Waals surface area contributed by atoms with Gasteiger partial charge in [-0.05, 0) is 11.6 Å². The van der Waals surface area contributed by atoms with Gasteiger partial charge in [0.05, 0.1) is 20.3 Å². The summed E-state index contributed by atoms with van der Waals surface area (Å²) < 4.78 is 9.99. The molecule has 1 heterocycles. The summed E-state index contributed by atoms with van der Waals surface area (Å²) in [5.41, 5.74) is 5.58. The molecule has 0 aromatic carbocycles. The lowest BCUT2D eigenvalue weighted by atomic mass is 10.5. The molecule has 18 heavy (non-hydrogen) atoms. The Bertz CT molecular complexity index is 388. The van der Waals surface area contributed by atoms with E-state index < -0.39 is 0 Å². The van der Waals surface area contributed by atoms with E-state index in [1.165, 1.54) is 14.2 Å². The van der Waals surface area contributed by atoms with Gasteiger partial charge in [-0.1, -0.05) is 6.92 Å². The van der Waals surface area contributed by atoms with Crippen molar-refractivity contribution in [2.45, 2.75) is 13.3 Å². The van der Waals surface area contributed by atoms with Gasteiger partial charge >= 0.3 is 0 Å². The molecular weight excluding hydrogens is 238 g/mol. The zero-order chi connectivity index (χ0) is 13.4. The van der Waals surface area contributed by atoms with E-state index in [-0.39, 0.29) is 11.9 Å². The van der Waals surface area contributed by atoms with Crippen LogP contribution in [-0.4, -0.2) is 36.8 Å². The van der Waals surface area contributed by atoms with Crippen molar-refractivity contribution in [3.63, 3.8) is 0 Å². The predicted octanol–water partition coefficient (Wildman–Crippen LogP) is 0.562. The summed E-state index contributed by atoms with van der Waals surface area (Å²) in [6, 6.07) is 1.55. The molecule has 8 nitrogen and oxygen atoms in total. The summed E-state index contributed by atoms with van der Waals surface area (Å²) >= 11 is 0. The van der Waals surface area contributed by atoms with Crippen molar-refractivity contribution in [2.75, 3.05) is 26.1 Å². The van der Waals surface area contributed by atoms with Crippen molar-refractivity contribution in [3.05, 3.63) is 6.07 Å². The third-order valence-corrected chi connectivity index (χ3v) is 1.80. The Morgan fingerprint density at radius 2 is 1.94 bits per heavy atom. The summed E-state index contributed by atoms with van der Waals surface area (Å²) in [5, 5.41) is 6.31. The van der Waals surface area contributed by atoms with Gasteiger partial charge in [0.15, 0.2) is 0 Å². The van der Waals surface area contributed by atoms with Gasteiger partial charge in [-0.15, -0.1) is 0 Å². The van der Waals surface area contributed by atoms with Crippen LogP contribution in [0.2, 0.25) is 0 Å². The zero-order valence-corrected chi connectivity index (χ0v) is 10.6. The van der Waals surface area contributed by atoms with Gasteiger partial charge in [0, 0.05) is 0 Å². The van der Waals surface area contributed by atoms with E-state index in [0.717, 1.165) is 6.42 Å². The lowest BCUT2D eigenvalue weighted by Gasteiger charge is -2.07. The van der Waals surface area contributed by atoms with Crippen molar-refractivity contribution in [2.24, 2.45) is 10.9 Å². The van der Waals surface area contributed by atoms with E-state index in [1.54, 1.807) is 6.07 Å². The number of oxime groups is 1. The largest absolute Gasteiger partial charge is 0.481 e. The Hall–Kier alpha value is -2.25. The lowest BCUT2D eigenvalue weighted by Crippen LogP contribution is -2.24. The summed E-state index contributed by atoms with van der Waals surface area (Å²) in [6.07, 6.45) is 0.847. The number of nitrogens with zero attached hydrogens (tertiary/aromatic N) is 3. The number of ether oxygens (including phenoxy) is 2. The van der Waals surface area contributed by atoms with Crippen LogP contribution in [0.15, 0.2) is 11.2 Å². The minimum atomic E-state index is 0.0544. The van der Waals surface area contributed by atoms with Gasteiger partial charge < -0.3 is 20.0 Å². The Balaban J connectivity index is 2.73. The number of anilines is 1. The highest BCUT2D eigenvalue weighted by Gasteiger charge is 2.06. The van der Waals surface area contributed by atoms with Crippen LogP contribution in [0.3, 0.4) is 0 Å². The van der Waals surface area contributed by atoms with Crippen molar-refractivity contribution < 1.29 is 14.3 Å². The molecule has 0 saturated heterocycles. The molecule has 0 aliphatic carbocycles. The van der Waals surface area contributed by atoms with Gasteiger partial charge in [0.2, 0.25) is 23.7 Å². The minimum Gasteiger partial charge on any atom is -0.481 e. The molecule has 100 valence electrons. The molecule has 0 radical (unpaired) electrons. The first-order valence-electron chi connectivity index (χ1n) is 5.39. The maximum atomic E-state index is 5.58. The van der Waals surface area contributed by atoms with Crippen LogP contribution in [0.1, 0.15) is 13.3 Å². The number of rotatable bonds is 6. The number of guanidine groups is 1. The van der Waals surface area contributed by atoms with Crippen LogP contribution in [0.4, 0.5) is 5.95 Å². The fourth-order valence-corrected chi connectivity index (χ4v) is 1.01. The molecule has 3 N–H and O–H groups in total. The molecule has 8 heteroatoms. The number of nitrogens with one attached hydrogen (secondary N) is 1. The fraction of sp³-hybridized carbons (Fsp3) is 0.500. The SMILES string of the molecule is CCCO/N=C(\N)Nc1nc(OC)cc(OC)n1. The molecule has 1 aromatic heterocycles. The summed E-state index contributed by atoms with van der Waals surface area (Å²) in [5.74, 6) is 0.976. The first kappa shape index (κ1) is 13.8. The van der Waals surface area contributed by atoms with Gasteiger partial charge in [0.25, 0.3) is 0 Å². The van der Waals surface area contributed by atoms with E-state index in [0.29, 0.717) is 18.4 Å². The Morgan fingerprint density at radius 1 is 1.33 bits per heavy atom. The van der Waals surface area contributed by atoms with E-state index in [4.69, 9.17) is 20.0 Å². The van der Waals surface area contributed by atoms with Crippen LogP contribution >= 0.6 is 0 Å². The molecule has 0 amide bonds. The molecular formula is C10H17N5O3. The predicted molar refractivity (Wildman–Crippen MR) is 66.6 cm³/mol. The fourth-order valence-electron chi connectivity index (χ4n) is 1.01. The second kappa shape index (κ2) is 7.15. The van der Waals surface area contributed by atoms with Crippen molar-refractivity contribution in [1.29, 1.82) is 0 Å². The summed E-state index contributed by atoms with van der Waals surface area (Å²) in [6.45, 7) is 2.46. The van der Waals surface area contributed by atoms with E-state index in [1.807, 2.05) is 6.92 Å². The summed E-state index contributed by atoms with van der Waals surface area (Å²) in [4.78, 5) is 13.0. The highest BCUT2D eigenvalue weighted by Crippen LogP contribution is 2.16. The third-order valence-electron chi connectivity index (χ3n) is 1.80. The molecule has 0 saturated carbocycles. The monoisotopic (exact) mass is 255 g/mol. The van der Waals surface area contributed by atoms with Gasteiger partial charge in [-0.3, -0.25) is 5.32 Å². The van der Waals surface area contributed by atoms with E-state index >= 15 is 0 Å². The van der Waals surface area contributed by atoms with E-state index in [9.17, 15) is 0 Å². The smallest absolute Gasteiger partial charge is 0.237 e. The molecule has 0 spiro atoms. The minimum absolute atomic E-state index is 0.0544. The molecule has 0 aliphatic heterocycles. The van der Waals surface area contributed by atoms with E-state index in [2.05, 4.69) is 20.4 Å². The first-order chi connectivity index (χ1) is 8.69. The van der Waals surface area contributed by atoms with Crippen LogP contribution in [-0.2, 0) is 4.84 Å². The Morgan fingerprint density at radius 3 is 2.44 bits per heavy atom. The van der Waals surface area contributed by atoms with Crippen LogP contribution in [0.25, 0.3) is 0 Å². The Labute approximate surface area is 105 Å². The maximum absolute atomic E-state index is 5.58. The standard InChI is InChI=1S/C10H17N5O3/c1-4-5-18-15-9(11)14-10-12-7(16-2)6-8(13-10)17-3/h6H,4-5H2,1-3H3,(H3,11,12,13,14,15). The number of nitrogens with two attached hydrogens (primary N) is 1. The normalized spacial score (nSPS) is 10.9. The average molecular weight is 255 g/mol. The third kappa shape index (κ3) is 4.32. The second-order valence-corrected chi connectivity index (χ2v) is 3.21. The highest BCUT2D eigenvalue weighted by molar-refractivity contribution is 5.90. The number of hydrogen-bond acceptors (Lipinski definition) is 6. The van der Waals surface area contributed by atoms with Crippen LogP contribution in [0.5, 0.6) is 11.8 Å². The number of hydrogen-bond donors (Lipinski definition) is 2. The Kier molecular flexibility index (Phi) is 5.49. The topological polar surface area (TPSA) is 104 Å². The first-order valence-corrected chi connectivity index (χ1v) is 5.39. The summed E-state index contributed by atoms with van der Waals surface area (Å²) in [7, 11) is 2.99. The molecule has 1 aromatic rings. The second-order valence-electron chi connectivity index (χ2n) is 3.21. The number of methoxy groups -OCH3 is 2. The molecule has 0 atom stereocenters. The lowest BCUT2D eigenvalue weighted by molar-refractivity contribution is 0.144. The van der Waals surface area contributed by atoms with Crippen LogP contribution in [0, 0.1) is 0 Å². The highest BCUT2D eigenvalue weighted by atomic mass is 16.6. The van der Waals surface area contributed by atoms with Crippen molar-refractivity contribution >= 4 is 11.9 Å². The van der Waals surface area contributed by atoms with Gasteiger partial charge in [-0.2, -0.15) is 9.97 Å². The molecule has 0 fully saturated rings. The van der Waals surface area contributed by atoms with Crippen molar-refractivity contribution in [1.82, 2.24) is 9.97 Å². The molecule has 0 unspecified atom stereocenters. The van der Waals surface area contributed by atoms with Gasteiger partial charge in [0.1, 0.15) is 6.61 Å². The molecule has 0 aliphatic rings. The van der Waals surface area contributed by atoms with Crippen molar-refractivity contribution in [3.8, 4) is 11.8 Å². The number of aromatic nitrogens is 2. The average Bonchev–Trinajstić information content (AvgIpc) is 2.38. The molecule has 1 rings (SSSR count). The maximum Gasteiger partial charge on any atom is 0.237 e. The van der Waals surface area contributed by atoms with Crippen LogP contribution < -0.4 is 20.5 Å². The quantitative estimate of drug-likeness (QED) is 0.331. The zero-order valence-electron chi connectivity index (χ0n) is 10.6.